The summed E-state index contributed by atoms with van der Waals surface area (Å²) < 4.78 is 12.9. The third-order valence-electron chi connectivity index (χ3n) is 3.13. The van der Waals surface area contributed by atoms with E-state index in [1.54, 1.807) is 0 Å². The highest BCUT2D eigenvalue weighted by molar-refractivity contribution is 5.99. The Balaban J connectivity index is 2.45. The molecule has 106 valence electrons. The zero-order chi connectivity index (χ0) is 14.3. The molecule has 0 saturated heterocycles. The molecule has 0 aliphatic heterocycles. The molecule has 1 aromatic carbocycles. The Morgan fingerprint density at radius 3 is 2.74 bits per heavy atom. The molecular weight excluding hydrogens is 243 g/mol. The van der Waals surface area contributed by atoms with Crippen LogP contribution in [0.15, 0.2) is 18.2 Å². The van der Waals surface area contributed by atoms with Crippen molar-refractivity contribution in [3.63, 3.8) is 0 Å². The van der Waals surface area contributed by atoms with Crippen LogP contribution >= 0.6 is 0 Å². The van der Waals surface area contributed by atoms with Crippen LogP contribution < -0.4 is 11.1 Å². The Bertz CT molecular complexity index is 421. The highest BCUT2D eigenvalue weighted by atomic mass is 19.1. The second kappa shape index (κ2) is 7.77. The minimum absolute atomic E-state index is 0.105. The molecular formula is C15H23FN2O. The minimum Gasteiger partial charge on any atom is -0.398 e. The molecule has 0 bridgehead atoms. The van der Waals surface area contributed by atoms with E-state index < -0.39 is 5.82 Å². The molecule has 1 atom stereocenters. The van der Waals surface area contributed by atoms with E-state index in [1.807, 2.05) is 6.92 Å². The van der Waals surface area contributed by atoms with E-state index in [0.717, 1.165) is 12.8 Å². The molecule has 19 heavy (non-hydrogen) atoms. The van der Waals surface area contributed by atoms with Crippen molar-refractivity contribution in [1.29, 1.82) is 0 Å². The standard InChI is InChI=1S/C15H23FN2O/c1-3-4-5-6-7-11(2)18-15(19)13-9-8-12(16)10-14(13)17/h8-11H,3-7,17H2,1-2H3,(H,18,19). The van der Waals surface area contributed by atoms with E-state index >= 15 is 0 Å². The summed E-state index contributed by atoms with van der Waals surface area (Å²) in [5.74, 6) is -0.665. The van der Waals surface area contributed by atoms with Crippen LogP contribution in [0.4, 0.5) is 10.1 Å². The molecule has 1 rings (SSSR count). The topological polar surface area (TPSA) is 55.1 Å². The molecule has 0 aliphatic rings. The van der Waals surface area contributed by atoms with Gasteiger partial charge in [0.05, 0.1) is 5.56 Å². The average molecular weight is 266 g/mol. The van der Waals surface area contributed by atoms with Gasteiger partial charge in [-0.3, -0.25) is 4.79 Å². The highest BCUT2D eigenvalue weighted by Gasteiger charge is 2.12. The fourth-order valence-corrected chi connectivity index (χ4v) is 1.99. The molecule has 0 heterocycles. The summed E-state index contributed by atoms with van der Waals surface area (Å²) in [4.78, 5) is 12.0. The summed E-state index contributed by atoms with van der Waals surface area (Å²) in [6, 6.07) is 3.94. The Morgan fingerprint density at radius 1 is 1.37 bits per heavy atom. The van der Waals surface area contributed by atoms with E-state index in [0.29, 0.717) is 5.56 Å². The molecule has 0 aliphatic carbocycles. The number of nitrogens with two attached hydrogens (primary N) is 1. The van der Waals surface area contributed by atoms with Crippen LogP contribution in [0.3, 0.4) is 0 Å². The minimum atomic E-state index is -0.429. The summed E-state index contributed by atoms with van der Waals surface area (Å²) in [7, 11) is 0. The largest absolute Gasteiger partial charge is 0.398 e. The summed E-state index contributed by atoms with van der Waals surface area (Å²) in [5.41, 5.74) is 6.15. The van der Waals surface area contributed by atoms with E-state index in [9.17, 15) is 9.18 Å². The van der Waals surface area contributed by atoms with Gasteiger partial charge in [-0.05, 0) is 31.5 Å². The van der Waals surface area contributed by atoms with Crippen molar-refractivity contribution in [1.82, 2.24) is 5.32 Å². The van der Waals surface area contributed by atoms with Gasteiger partial charge < -0.3 is 11.1 Å². The van der Waals surface area contributed by atoms with Gasteiger partial charge >= 0.3 is 0 Å². The molecule has 0 fully saturated rings. The molecule has 4 heteroatoms. The summed E-state index contributed by atoms with van der Waals surface area (Å²) in [5, 5.41) is 2.89. The number of nitrogen functional groups attached to an aromatic ring is 1. The summed E-state index contributed by atoms with van der Waals surface area (Å²) in [6.07, 6.45) is 5.68. The van der Waals surface area contributed by atoms with Gasteiger partial charge in [0, 0.05) is 11.7 Å². The first kappa shape index (κ1) is 15.5. The lowest BCUT2D eigenvalue weighted by Gasteiger charge is -2.14. The number of rotatable bonds is 7. The fourth-order valence-electron chi connectivity index (χ4n) is 1.99. The molecule has 0 radical (unpaired) electrons. The van der Waals surface area contributed by atoms with Gasteiger partial charge in [0.2, 0.25) is 0 Å². The Morgan fingerprint density at radius 2 is 2.11 bits per heavy atom. The Labute approximate surface area is 114 Å². The van der Waals surface area contributed by atoms with Gasteiger partial charge in [-0.15, -0.1) is 0 Å². The molecule has 1 amide bonds. The number of unbranched alkanes of at least 4 members (excludes halogenated alkanes) is 3. The van der Waals surface area contributed by atoms with E-state index in [1.165, 1.54) is 37.5 Å². The van der Waals surface area contributed by atoms with Crippen LogP contribution in [-0.2, 0) is 0 Å². The smallest absolute Gasteiger partial charge is 0.253 e. The van der Waals surface area contributed by atoms with Gasteiger partial charge in [0.1, 0.15) is 5.82 Å². The van der Waals surface area contributed by atoms with Crippen molar-refractivity contribution >= 4 is 11.6 Å². The predicted octanol–water partition coefficient (Wildman–Crippen LogP) is 3.50. The fraction of sp³-hybridized carbons (Fsp3) is 0.533. The van der Waals surface area contributed by atoms with Crippen molar-refractivity contribution < 1.29 is 9.18 Å². The first-order valence-electron chi connectivity index (χ1n) is 6.90. The van der Waals surface area contributed by atoms with Gasteiger partial charge in [-0.25, -0.2) is 4.39 Å². The number of hydrogen-bond acceptors (Lipinski definition) is 2. The molecule has 3 N–H and O–H groups in total. The van der Waals surface area contributed by atoms with Crippen molar-refractivity contribution in [3.8, 4) is 0 Å². The van der Waals surface area contributed by atoms with Crippen LogP contribution in [0, 0.1) is 5.82 Å². The first-order valence-corrected chi connectivity index (χ1v) is 6.90. The third kappa shape index (κ3) is 5.28. The van der Waals surface area contributed by atoms with Crippen LogP contribution in [0.5, 0.6) is 0 Å². The lowest BCUT2D eigenvalue weighted by molar-refractivity contribution is 0.0939. The molecule has 0 spiro atoms. The highest BCUT2D eigenvalue weighted by Crippen LogP contribution is 2.14. The van der Waals surface area contributed by atoms with Crippen molar-refractivity contribution in [2.24, 2.45) is 0 Å². The van der Waals surface area contributed by atoms with Gasteiger partial charge in [0.25, 0.3) is 5.91 Å². The maximum absolute atomic E-state index is 12.9. The van der Waals surface area contributed by atoms with Crippen LogP contribution in [0.2, 0.25) is 0 Å². The monoisotopic (exact) mass is 266 g/mol. The average Bonchev–Trinajstić information content (AvgIpc) is 2.34. The lowest BCUT2D eigenvalue weighted by Crippen LogP contribution is -2.33. The molecule has 0 aromatic heterocycles. The van der Waals surface area contributed by atoms with E-state index in [-0.39, 0.29) is 17.6 Å². The Hall–Kier alpha value is -1.58. The van der Waals surface area contributed by atoms with Crippen molar-refractivity contribution in [2.45, 2.75) is 52.0 Å². The molecule has 0 saturated carbocycles. The van der Waals surface area contributed by atoms with E-state index in [2.05, 4.69) is 12.2 Å². The Kier molecular flexibility index (Phi) is 6.33. The second-order valence-corrected chi connectivity index (χ2v) is 4.96. The number of hydrogen-bond donors (Lipinski definition) is 2. The van der Waals surface area contributed by atoms with Crippen molar-refractivity contribution in [2.75, 3.05) is 5.73 Å². The van der Waals surface area contributed by atoms with Crippen LogP contribution in [0.1, 0.15) is 56.3 Å². The van der Waals surface area contributed by atoms with Gasteiger partial charge in [0.15, 0.2) is 0 Å². The van der Waals surface area contributed by atoms with Crippen LogP contribution in [0.25, 0.3) is 0 Å². The van der Waals surface area contributed by atoms with Gasteiger partial charge in [-0.1, -0.05) is 32.6 Å². The molecule has 3 nitrogen and oxygen atoms in total. The maximum atomic E-state index is 12.9. The number of halogens is 1. The summed E-state index contributed by atoms with van der Waals surface area (Å²) in [6.45, 7) is 4.14. The predicted molar refractivity (Wildman–Crippen MR) is 76.5 cm³/mol. The number of nitrogens with one attached hydrogen (secondary N) is 1. The first-order chi connectivity index (χ1) is 9.04. The normalized spacial score (nSPS) is 12.2. The number of amides is 1. The number of carbonyl (C=O) groups is 1. The molecule has 1 unspecified atom stereocenters. The van der Waals surface area contributed by atoms with E-state index in [4.69, 9.17) is 5.73 Å². The number of carbonyl (C=O) groups excluding carboxylic acids is 1. The van der Waals surface area contributed by atoms with Crippen LogP contribution in [-0.4, -0.2) is 11.9 Å². The quantitative estimate of drug-likeness (QED) is 0.586. The zero-order valence-corrected chi connectivity index (χ0v) is 11.7. The van der Waals surface area contributed by atoms with Gasteiger partial charge in [-0.2, -0.15) is 0 Å². The summed E-state index contributed by atoms with van der Waals surface area (Å²) >= 11 is 0. The maximum Gasteiger partial charge on any atom is 0.253 e. The second-order valence-electron chi connectivity index (χ2n) is 4.96. The number of anilines is 1. The zero-order valence-electron chi connectivity index (χ0n) is 11.7. The number of benzene rings is 1. The SMILES string of the molecule is CCCCCCC(C)NC(=O)c1ccc(F)cc1N. The third-order valence-corrected chi connectivity index (χ3v) is 3.13. The molecule has 1 aromatic rings. The van der Waals surface area contributed by atoms with Crippen molar-refractivity contribution in [3.05, 3.63) is 29.6 Å². The lowest BCUT2D eigenvalue weighted by atomic mass is 10.1.